The Morgan fingerprint density at radius 2 is 0.690 bits per heavy atom. The van der Waals surface area contributed by atoms with E-state index in [2.05, 4.69) is 36.4 Å². The van der Waals surface area contributed by atoms with Crippen LogP contribution >= 0.6 is 0 Å². The first-order valence-electron chi connectivity index (χ1n) is 17.0. The third-order valence-corrected chi connectivity index (χ3v) is 9.89. The van der Waals surface area contributed by atoms with Gasteiger partial charge in [-0.25, -0.2) is 0 Å². The van der Waals surface area contributed by atoms with Crippen LogP contribution in [0.15, 0.2) is 97.1 Å². The number of fused-ring (bicyclic) bond motifs is 2. The summed E-state index contributed by atoms with van der Waals surface area (Å²) in [5.74, 6) is 0. The predicted molar refractivity (Wildman–Crippen MR) is 210 cm³/mol. The maximum Gasteiger partial charge on any atom is 0.101 e. The van der Waals surface area contributed by atoms with E-state index in [9.17, 15) is 52.6 Å². The monoisotopic (exact) mass is 732 g/mol. The van der Waals surface area contributed by atoms with Crippen LogP contribution in [0.5, 0.6) is 0 Å². The van der Waals surface area contributed by atoms with Crippen molar-refractivity contribution in [2.24, 2.45) is 0 Å². The van der Waals surface area contributed by atoms with Gasteiger partial charge in [0.15, 0.2) is 0 Å². The molecular weight excluding hydrogens is 717 g/mol. The summed E-state index contributed by atoms with van der Waals surface area (Å²) in [6.45, 7) is 0. The van der Waals surface area contributed by atoms with Crippen LogP contribution in [0.3, 0.4) is 0 Å². The second-order valence-electron chi connectivity index (χ2n) is 12.7. The van der Waals surface area contributed by atoms with Crippen molar-refractivity contribution < 1.29 is 0 Å². The van der Waals surface area contributed by atoms with Crippen LogP contribution in [0, 0.1) is 113 Å². The van der Waals surface area contributed by atoms with Gasteiger partial charge in [0, 0.05) is 33.4 Å². The van der Waals surface area contributed by atoms with Gasteiger partial charge < -0.3 is 0 Å². The van der Waals surface area contributed by atoms with Gasteiger partial charge in [-0.05, 0) is 94.0 Å². The van der Waals surface area contributed by atoms with Gasteiger partial charge in [-0.3, -0.25) is 0 Å². The fourth-order valence-corrected chi connectivity index (χ4v) is 7.28. The Balaban J connectivity index is 1.64. The lowest BCUT2D eigenvalue weighted by molar-refractivity contribution is 1.42. The minimum atomic E-state index is 0.0351. The van der Waals surface area contributed by atoms with E-state index in [0.29, 0.717) is 77.9 Å². The molecule has 0 amide bonds. The molecule has 0 heterocycles. The van der Waals surface area contributed by atoms with Crippen molar-refractivity contribution in [3.05, 3.63) is 175 Å². The van der Waals surface area contributed by atoms with E-state index < -0.39 is 0 Å². The minimum absolute atomic E-state index is 0.0351. The highest BCUT2D eigenvalue weighted by molar-refractivity contribution is 6.34. The van der Waals surface area contributed by atoms with E-state index in [4.69, 9.17) is 0 Å². The Hall–Kier alpha value is -10.0. The van der Waals surface area contributed by atoms with Crippen molar-refractivity contribution in [2.45, 2.75) is 0 Å². The highest BCUT2D eigenvalue weighted by Gasteiger charge is 2.37. The van der Waals surface area contributed by atoms with E-state index in [0.717, 1.165) is 0 Å². The maximum absolute atomic E-state index is 10.9. The molecule has 5 aromatic carbocycles. The summed E-state index contributed by atoms with van der Waals surface area (Å²) >= 11 is 0. The van der Waals surface area contributed by atoms with Crippen LogP contribution in [-0.2, 0) is 0 Å². The summed E-state index contributed by atoms with van der Waals surface area (Å²) in [4.78, 5) is 0. The molecule has 0 saturated heterocycles. The van der Waals surface area contributed by atoms with Crippen LogP contribution in [0.4, 0.5) is 0 Å². The van der Waals surface area contributed by atoms with Crippen LogP contribution in [0.25, 0.3) is 44.6 Å². The summed E-state index contributed by atoms with van der Waals surface area (Å²) in [5, 5.41) is 102. The Kier molecular flexibility index (Phi) is 9.25. The molecule has 0 bridgehead atoms. The molecule has 0 atom stereocenters. The normalized spacial score (nSPS) is 13.6. The number of rotatable bonds is 4. The third kappa shape index (κ3) is 5.67. The molecule has 10 heteroatoms. The summed E-state index contributed by atoms with van der Waals surface area (Å²) < 4.78 is 0. The molecule has 0 spiro atoms. The molecule has 58 heavy (non-hydrogen) atoms. The molecule has 7 rings (SSSR count). The van der Waals surface area contributed by atoms with Crippen molar-refractivity contribution in [3.8, 4) is 60.7 Å². The van der Waals surface area contributed by atoms with E-state index in [-0.39, 0.29) is 44.5 Å². The quantitative estimate of drug-likeness (QED) is 0.159. The zero-order valence-corrected chi connectivity index (χ0v) is 29.7. The topological polar surface area (TPSA) is 238 Å². The van der Waals surface area contributed by atoms with Crippen molar-refractivity contribution in [1.29, 1.82) is 52.6 Å². The Morgan fingerprint density at radius 3 is 0.983 bits per heavy atom. The molecular formula is C48H16N10. The van der Waals surface area contributed by atoms with Gasteiger partial charge in [-0.1, -0.05) is 36.4 Å². The second kappa shape index (κ2) is 14.8. The van der Waals surface area contributed by atoms with Gasteiger partial charge >= 0.3 is 0 Å². The fourth-order valence-electron chi connectivity index (χ4n) is 7.28. The fraction of sp³-hybridized carbons (Fsp3) is 0. The summed E-state index contributed by atoms with van der Waals surface area (Å²) in [5.41, 5.74) is 5.80. The Labute approximate surface area is 331 Å². The van der Waals surface area contributed by atoms with Crippen molar-refractivity contribution in [2.75, 3.05) is 0 Å². The molecule has 0 unspecified atom stereocenters. The number of nitrogens with zero attached hydrogens (tertiary/aromatic N) is 10. The van der Waals surface area contributed by atoms with Gasteiger partial charge in [0.1, 0.15) is 48.6 Å². The van der Waals surface area contributed by atoms with Gasteiger partial charge in [-0.15, -0.1) is 0 Å². The van der Waals surface area contributed by atoms with Crippen LogP contribution in [-0.4, -0.2) is 0 Å². The standard InChI is InChI=1S/C48H16N10/c49-17-27-1-5-29(6-2-27)45-43(25-57)37-15-40-38(16-39(37)47(45)41(23-55)31-9-11-33(19-51)35(13-31)21-53)44(26-58)46(30-7-3-28(18-50)4-8-30)48(40)42(24-56)32-10-12-34(20-52)36(14-32)22-54/h1-16H/b47-41-,48-42-. The lowest BCUT2D eigenvalue weighted by Crippen LogP contribution is -1.97. The van der Waals surface area contributed by atoms with E-state index >= 15 is 0 Å². The Morgan fingerprint density at radius 1 is 0.328 bits per heavy atom. The van der Waals surface area contributed by atoms with Crippen LogP contribution < -0.4 is 0 Å². The third-order valence-electron chi connectivity index (χ3n) is 9.89. The molecule has 0 aliphatic heterocycles. The minimum Gasteiger partial charge on any atom is -0.192 e. The van der Waals surface area contributed by atoms with Crippen molar-refractivity contribution >= 4 is 44.6 Å². The molecule has 5 aromatic rings. The van der Waals surface area contributed by atoms with Crippen LogP contribution in [0.1, 0.15) is 77.9 Å². The molecule has 0 aromatic heterocycles. The maximum atomic E-state index is 10.9. The average Bonchev–Trinajstić information content (AvgIpc) is 3.77. The largest absolute Gasteiger partial charge is 0.192 e. The Bertz CT molecular complexity index is 3080. The van der Waals surface area contributed by atoms with Crippen LogP contribution in [0.2, 0.25) is 0 Å². The average molecular weight is 733 g/mol. The highest BCUT2D eigenvalue weighted by atomic mass is 14.4. The highest BCUT2D eigenvalue weighted by Crippen LogP contribution is 2.56. The molecule has 2 aliphatic rings. The zero-order chi connectivity index (χ0) is 41.1. The molecule has 0 fully saturated rings. The molecule has 10 nitrogen and oxygen atoms in total. The first kappa shape index (κ1) is 36.3. The van der Waals surface area contributed by atoms with Gasteiger partial charge in [0.05, 0.1) is 67.8 Å². The molecule has 0 saturated carbocycles. The number of hydrogen-bond donors (Lipinski definition) is 0. The summed E-state index contributed by atoms with van der Waals surface area (Å²) in [7, 11) is 0. The number of nitriles is 10. The first-order valence-corrected chi connectivity index (χ1v) is 17.0. The SMILES string of the molecule is N#CC1=C(c2ccc(C#N)cc2)/C(=C(/C#N)c2ccc(C#N)c(C#N)c2)c2cc3c(cc21)/C(=C(\C#N)c1ccc(C#N)c(C#N)c1)C(c1ccc(C#N)cc1)=C3C#N. The zero-order valence-electron chi connectivity index (χ0n) is 29.7. The van der Waals surface area contributed by atoms with E-state index in [1.165, 1.54) is 36.4 Å². The smallest absolute Gasteiger partial charge is 0.101 e. The summed E-state index contributed by atoms with van der Waals surface area (Å²) in [6, 6.07) is 46.3. The molecule has 0 N–H and O–H groups in total. The number of hydrogen-bond acceptors (Lipinski definition) is 10. The molecule has 2 aliphatic carbocycles. The number of benzene rings is 5. The van der Waals surface area contributed by atoms with E-state index in [1.54, 1.807) is 60.7 Å². The van der Waals surface area contributed by atoms with Crippen molar-refractivity contribution in [1.82, 2.24) is 0 Å². The van der Waals surface area contributed by atoms with E-state index in [1.807, 2.05) is 24.3 Å². The van der Waals surface area contributed by atoms with Crippen molar-refractivity contribution in [3.63, 3.8) is 0 Å². The second-order valence-corrected chi connectivity index (χ2v) is 12.7. The summed E-state index contributed by atoms with van der Waals surface area (Å²) in [6.07, 6.45) is 0. The van der Waals surface area contributed by atoms with Gasteiger partial charge in [-0.2, -0.15) is 52.6 Å². The lowest BCUT2D eigenvalue weighted by atomic mass is 9.86. The lowest BCUT2D eigenvalue weighted by Gasteiger charge is -2.14. The first-order chi connectivity index (χ1) is 28.3. The predicted octanol–water partition coefficient (Wildman–Crippen LogP) is 8.68. The molecule has 258 valence electrons. The number of allylic oxidation sites excluding steroid dienone is 8. The van der Waals surface area contributed by atoms with Gasteiger partial charge in [0.25, 0.3) is 0 Å². The van der Waals surface area contributed by atoms with Gasteiger partial charge in [0.2, 0.25) is 0 Å². The molecule has 0 radical (unpaired) electrons.